The van der Waals surface area contributed by atoms with Gasteiger partial charge in [-0.3, -0.25) is 0 Å². The molecular formula is C31H30Cl2N2O3S. The number of fused-ring (bicyclic) bond motifs is 1. The van der Waals surface area contributed by atoms with Gasteiger partial charge in [-0.2, -0.15) is 0 Å². The molecule has 5 fully saturated rings. The number of halogens is 2. The highest BCUT2D eigenvalue weighted by Gasteiger charge is 2.58. The molecule has 2 aromatic carbocycles. The van der Waals surface area contributed by atoms with Gasteiger partial charge in [0, 0.05) is 17.0 Å². The van der Waals surface area contributed by atoms with Gasteiger partial charge in [0.15, 0.2) is 0 Å². The monoisotopic (exact) mass is 580 g/mol. The number of hydrogen-bond acceptors (Lipinski definition) is 6. The molecule has 9 rings (SSSR count). The molecule has 39 heavy (non-hydrogen) atoms. The van der Waals surface area contributed by atoms with E-state index in [0.29, 0.717) is 46.0 Å². The summed E-state index contributed by atoms with van der Waals surface area (Å²) in [6.07, 6.45) is 7.13. The summed E-state index contributed by atoms with van der Waals surface area (Å²) >= 11 is 14.8. The van der Waals surface area contributed by atoms with Gasteiger partial charge in [0.1, 0.15) is 22.6 Å². The first-order chi connectivity index (χ1) is 19.0. The molecule has 5 saturated carbocycles. The Balaban J connectivity index is 1.06. The Bertz CT molecular complexity index is 1490. The van der Waals surface area contributed by atoms with Gasteiger partial charge in [0.25, 0.3) is 0 Å². The van der Waals surface area contributed by atoms with Crippen LogP contribution in [-0.4, -0.2) is 20.8 Å². The Morgan fingerprint density at radius 1 is 1.03 bits per heavy atom. The molecule has 4 unspecified atom stereocenters. The largest absolute Gasteiger partial charge is 0.386 e. The van der Waals surface area contributed by atoms with Crippen LogP contribution >= 0.6 is 34.5 Å². The number of ether oxygens (including phenoxy) is 1. The minimum Gasteiger partial charge on any atom is -0.386 e. The predicted octanol–water partition coefficient (Wildman–Crippen LogP) is 8.58. The van der Waals surface area contributed by atoms with Crippen LogP contribution in [0.25, 0.3) is 21.5 Å². The Morgan fingerprint density at radius 3 is 2.49 bits per heavy atom. The van der Waals surface area contributed by atoms with Gasteiger partial charge in [-0.25, -0.2) is 4.98 Å². The molecule has 2 heterocycles. The van der Waals surface area contributed by atoms with Crippen molar-refractivity contribution < 1.29 is 14.4 Å². The van der Waals surface area contributed by atoms with Crippen molar-refractivity contribution in [2.75, 3.05) is 0 Å². The molecule has 0 spiro atoms. The van der Waals surface area contributed by atoms with E-state index >= 15 is 0 Å². The van der Waals surface area contributed by atoms with Crippen LogP contribution < -0.4 is 0 Å². The molecule has 5 nitrogen and oxygen atoms in total. The quantitative estimate of drug-likeness (QED) is 0.237. The summed E-state index contributed by atoms with van der Waals surface area (Å²) in [5.74, 6) is 3.12. The van der Waals surface area contributed by atoms with Crippen LogP contribution in [0.15, 0.2) is 47.0 Å². The molecule has 0 aliphatic heterocycles. The van der Waals surface area contributed by atoms with Crippen molar-refractivity contribution in [1.82, 2.24) is 10.1 Å². The van der Waals surface area contributed by atoms with Gasteiger partial charge in [-0.1, -0.05) is 46.6 Å². The van der Waals surface area contributed by atoms with Crippen LogP contribution in [0.2, 0.25) is 10.0 Å². The topological polar surface area (TPSA) is 68.4 Å². The molecule has 8 heteroatoms. The van der Waals surface area contributed by atoms with Crippen molar-refractivity contribution in [3.8, 4) is 11.3 Å². The number of para-hydroxylation sites is 1. The highest BCUT2D eigenvalue weighted by atomic mass is 35.5. The van der Waals surface area contributed by atoms with E-state index in [1.165, 1.54) is 12.8 Å². The lowest BCUT2D eigenvalue weighted by molar-refractivity contribution is -0.203. The second-order valence-electron chi connectivity index (χ2n) is 12.2. The van der Waals surface area contributed by atoms with Gasteiger partial charge >= 0.3 is 0 Å². The maximum atomic E-state index is 11.6. The molecule has 2 aromatic heterocycles. The number of rotatable bonds is 7. The average Bonchev–Trinajstić information content (AvgIpc) is 3.52. The molecule has 0 amide bonds. The van der Waals surface area contributed by atoms with Gasteiger partial charge in [0.05, 0.1) is 32.5 Å². The van der Waals surface area contributed by atoms with E-state index < -0.39 is 6.10 Å². The van der Waals surface area contributed by atoms with Gasteiger partial charge in [0.2, 0.25) is 0 Å². The van der Waals surface area contributed by atoms with E-state index in [4.69, 9.17) is 37.4 Å². The van der Waals surface area contributed by atoms with Crippen molar-refractivity contribution in [3.05, 3.63) is 68.8 Å². The Morgan fingerprint density at radius 2 is 1.77 bits per heavy atom. The Labute approximate surface area is 241 Å². The number of aromatic nitrogens is 2. The first kappa shape index (κ1) is 24.8. The number of aliphatic hydroxyl groups is 1. The molecule has 6 atom stereocenters. The van der Waals surface area contributed by atoms with E-state index in [2.05, 4.69) is 11.2 Å². The van der Waals surface area contributed by atoms with E-state index in [1.54, 1.807) is 11.3 Å². The molecule has 202 valence electrons. The lowest BCUT2D eigenvalue weighted by atomic mass is 9.49. The second kappa shape index (κ2) is 9.28. The molecule has 4 bridgehead atoms. The maximum Gasteiger partial charge on any atom is 0.145 e. The van der Waals surface area contributed by atoms with Crippen LogP contribution in [0.3, 0.4) is 0 Å². The fourth-order valence-electron chi connectivity index (χ4n) is 8.14. The average molecular weight is 582 g/mol. The number of hydrogen-bond donors (Lipinski definition) is 1. The number of aliphatic hydroxyl groups excluding tert-OH is 1. The normalized spacial score (nSPS) is 30.3. The van der Waals surface area contributed by atoms with E-state index in [9.17, 15) is 5.11 Å². The van der Waals surface area contributed by atoms with E-state index in [0.717, 1.165) is 64.2 Å². The third-order valence-electron chi connectivity index (χ3n) is 9.71. The first-order valence-corrected chi connectivity index (χ1v) is 15.7. The van der Waals surface area contributed by atoms with Crippen molar-refractivity contribution in [2.45, 2.75) is 69.2 Å². The van der Waals surface area contributed by atoms with Gasteiger partial charge < -0.3 is 14.4 Å². The summed E-state index contributed by atoms with van der Waals surface area (Å²) in [7, 11) is 0. The Hall–Kier alpha value is -1.96. The number of benzene rings is 2. The minimum atomic E-state index is -0.511. The number of thiazole rings is 1. The summed E-state index contributed by atoms with van der Waals surface area (Å²) in [4.78, 5) is 4.82. The highest BCUT2D eigenvalue weighted by molar-refractivity contribution is 7.18. The maximum absolute atomic E-state index is 11.6. The molecular weight excluding hydrogens is 551 g/mol. The van der Waals surface area contributed by atoms with Crippen LogP contribution in [0.5, 0.6) is 0 Å². The van der Waals surface area contributed by atoms with E-state index in [-0.39, 0.29) is 11.5 Å². The Kier molecular flexibility index (Phi) is 5.90. The van der Waals surface area contributed by atoms with Crippen LogP contribution in [-0.2, 0) is 11.3 Å². The summed E-state index contributed by atoms with van der Waals surface area (Å²) in [6, 6.07) is 13.7. The van der Waals surface area contributed by atoms with E-state index in [1.807, 2.05) is 36.4 Å². The zero-order chi connectivity index (χ0) is 26.3. The van der Waals surface area contributed by atoms with Crippen molar-refractivity contribution in [3.63, 3.8) is 0 Å². The minimum absolute atomic E-state index is 0.167. The third kappa shape index (κ3) is 4.17. The molecule has 0 saturated heterocycles. The number of nitrogens with zero attached hydrogens (tertiary/aromatic N) is 2. The first-order valence-electron chi connectivity index (χ1n) is 14.1. The van der Waals surface area contributed by atoms with Gasteiger partial charge in [-0.15, -0.1) is 11.3 Å². The SMILES string of the molecule is O[C@@H](c1nc2ccccc2s1)C1C2CC3C[C@H]1CC(OCc1c(-c4c(Cl)cccc4Cl)noc1C1CC1)(C3)C2. The van der Waals surface area contributed by atoms with Crippen molar-refractivity contribution >= 4 is 44.8 Å². The summed E-state index contributed by atoms with van der Waals surface area (Å²) in [6.45, 7) is 0.448. The van der Waals surface area contributed by atoms with Gasteiger partial charge in [-0.05, 0) is 92.9 Å². The summed E-state index contributed by atoms with van der Waals surface area (Å²) < 4.78 is 14.0. The highest BCUT2D eigenvalue weighted by Crippen LogP contribution is 2.62. The lowest BCUT2D eigenvalue weighted by Crippen LogP contribution is -2.56. The fourth-order valence-corrected chi connectivity index (χ4v) is 9.72. The fraction of sp³-hybridized carbons (Fsp3) is 0.484. The van der Waals surface area contributed by atoms with Crippen molar-refractivity contribution in [2.24, 2.45) is 23.7 Å². The second-order valence-corrected chi connectivity index (χ2v) is 14.1. The smallest absolute Gasteiger partial charge is 0.145 e. The zero-order valence-electron chi connectivity index (χ0n) is 21.5. The zero-order valence-corrected chi connectivity index (χ0v) is 23.8. The van der Waals surface area contributed by atoms with Crippen LogP contribution in [0, 0.1) is 23.7 Å². The van der Waals surface area contributed by atoms with Crippen molar-refractivity contribution in [1.29, 1.82) is 0 Å². The summed E-state index contributed by atoms with van der Waals surface area (Å²) in [5.41, 5.74) is 3.24. The molecule has 0 radical (unpaired) electrons. The van der Waals surface area contributed by atoms with Crippen LogP contribution in [0.1, 0.15) is 73.3 Å². The molecule has 4 aromatic rings. The molecule has 1 N–H and O–H groups in total. The summed E-state index contributed by atoms with van der Waals surface area (Å²) in [5, 5.41) is 18.1. The molecule has 5 aliphatic rings. The molecule has 5 aliphatic carbocycles. The predicted molar refractivity (Wildman–Crippen MR) is 153 cm³/mol. The third-order valence-corrected chi connectivity index (χ3v) is 11.4. The standard InChI is InChI=1S/C31H30Cl2N2O3S/c32-21-4-3-5-22(33)26(21)27-20(29(38-35-27)17-8-9-17)15-37-31-12-16-10-18(13-31)25(19(11-16)14-31)28(36)30-34-23-6-1-2-7-24(23)39-30/h1-7,16-19,25,28,36H,8-15H2/t16?,18-,19?,25?,28+,31?/m0/s1. The van der Waals surface area contributed by atoms with Crippen LogP contribution in [0.4, 0.5) is 0 Å². The lowest BCUT2D eigenvalue weighted by Gasteiger charge is -2.60.